The van der Waals surface area contributed by atoms with E-state index in [9.17, 15) is 14.7 Å². The van der Waals surface area contributed by atoms with Gasteiger partial charge in [0, 0.05) is 16.8 Å². The van der Waals surface area contributed by atoms with Crippen molar-refractivity contribution in [2.75, 3.05) is 5.32 Å². The number of aromatic hydroxyl groups is 1. The van der Waals surface area contributed by atoms with Crippen LogP contribution in [-0.4, -0.2) is 16.9 Å². The predicted octanol–water partition coefficient (Wildman–Crippen LogP) is 2.05. The molecule has 0 fully saturated rings. The van der Waals surface area contributed by atoms with Crippen LogP contribution < -0.4 is 11.1 Å². The molecule has 0 aliphatic carbocycles. The Morgan fingerprint density at radius 1 is 1.05 bits per heavy atom. The summed E-state index contributed by atoms with van der Waals surface area (Å²) in [6.45, 7) is 1.82. The van der Waals surface area contributed by atoms with Crippen LogP contribution in [0.4, 0.5) is 5.69 Å². The number of phenolic OH excluding ortho intramolecular Hbond substituents is 1. The SMILES string of the molecule is Cc1ccc(C(N)=O)cc1NC(=O)c1ccc(O)cc1. The number of aryl methyl sites for hydroxylation is 1. The van der Waals surface area contributed by atoms with Crippen LogP contribution in [0.3, 0.4) is 0 Å². The first-order valence-corrected chi connectivity index (χ1v) is 5.98. The van der Waals surface area contributed by atoms with Crippen molar-refractivity contribution in [1.82, 2.24) is 0 Å². The van der Waals surface area contributed by atoms with Gasteiger partial charge in [-0.1, -0.05) is 6.07 Å². The van der Waals surface area contributed by atoms with Gasteiger partial charge in [0.05, 0.1) is 0 Å². The summed E-state index contributed by atoms with van der Waals surface area (Å²) in [6, 6.07) is 10.7. The van der Waals surface area contributed by atoms with E-state index in [0.29, 0.717) is 16.8 Å². The van der Waals surface area contributed by atoms with E-state index in [4.69, 9.17) is 5.73 Å². The topological polar surface area (TPSA) is 92.4 Å². The molecule has 5 heteroatoms. The van der Waals surface area contributed by atoms with Gasteiger partial charge in [0.25, 0.3) is 5.91 Å². The first-order valence-electron chi connectivity index (χ1n) is 5.98. The Labute approximate surface area is 116 Å². The highest BCUT2D eigenvalue weighted by molar-refractivity contribution is 6.05. The first-order chi connectivity index (χ1) is 9.47. The largest absolute Gasteiger partial charge is 0.508 e. The van der Waals surface area contributed by atoms with Crippen molar-refractivity contribution in [2.24, 2.45) is 5.73 Å². The lowest BCUT2D eigenvalue weighted by Crippen LogP contribution is -2.15. The summed E-state index contributed by atoms with van der Waals surface area (Å²) in [6.07, 6.45) is 0. The zero-order chi connectivity index (χ0) is 14.7. The molecule has 0 bridgehead atoms. The van der Waals surface area contributed by atoms with E-state index >= 15 is 0 Å². The summed E-state index contributed by atoms with van der Waals surface area (Å²) in [7, 11) is 0. The Bertz CT molecular complexity index is 663. The fourth-order valence-electron chi connectivity index (χ4n) is 1.72. The van der Waals surface area contributed by atoms with Crippen LogP contribution in [0, 0.1) is 6.92 Å². The summed E-state index contributed by atoms with van der Waals surface area (Å²) >= 11 is 0. The third-order valence-electron chi connectivity index (χ3n) is 2.90. The van der Waals surface area contributed by atoms with E-state index in [1.807, 2.05) is 6.92 Å². The minimum absolute atomic E-state index is 0.0912. The number of amides is 2. The van der Waals surface area contributed by atoms with Gasteiger partial charge in [-0.25, -0.2) is 0 Å². The summed E-state index contributed by atoms with van der Waals surface area (Å²) in [5.74, 6) is -0.784. The van der Waals surface area contributed by atoms with Gasteiger partial charge in [0.2, 0.25) is 5.91 Å². The lowest BCUT2D eigenvalue weighted by atomic mass is 10.1. The number of nitrogens with two attached hydrogens (primary N) is 1. The Morgan fingerprint density at radius 3 is 2.25 bits per heavy atom. The van der Waals surface area contributed by atoms with Crippen molar-refractivity contribution in [3.8, 4) is 5.75 Å². The molecule has 0 aliphatic heterocycles. The average Bonchev–Trinajstić information content (AvgIpc) is 2.41. The molecule has 0 heterocycles. The minimum atomic E-state index is -0.551. The molecule has 2 rings (SSSR count). The van der Waals surface area contributed by atoms with Crippen LogP contribution in [0.15, 0.2) is 42.5 Å². The summed E-state index contributed by atoms with van der Waals surface area (Å²) in [5.41, 5.74) is 7.30. The van der Waals surface area contributed by atoms with Gasteiger partial charge in [-0.05, 0) is 48.9 Å². The van der Waals surface area contributed by atoms with Gasteiger partial charge in [0.1, 0.15) is 5.75 Å². The summed E-state index contributed by atoms with van der Waals surface area (Å²) < 4.78 is 0. The van der Waals surface area contributed by atoms with Crippen molar-refractivity contribution >= 4 is 17.5 Å². The smallest absolute Gasteiger partial charge is 0.255 e. The Balaban J connectivity index is 2.25. The van der Waals surface area contributed by atoms with E-state index in [-0.39, 0.29) is 11.7 Å². The monoisotopic (exact) mass is 270 g/mol. The normalized spacial score (nSPS) is 10.1. The second kappa shape index (κ2) is 5.44. The number of primary amides is 1. The van der Waals surface area contributed by atoms with Crippen molar-refractivity contribution < 1.29 is 14.7 Å². The minimum Gasteiger partial charge on any atom is -0.508 e. The zero-order valence-corrected chi connectivity index (χ0v) is 10.9. The second-order valence-corrected chi connectivity index (χ2v) is 4.39. The maximum Gasteiger partial charge on any atom is 0.255 e. The predicted molar refractivity (Wildman–Crippen MR) is 75.8 cm³/mol. The van der Waals surface area contributed by atoms with Crippen LogP contribution in [0.1, 0.15) is 26.3 Å². The number of nitrogens with one attached hydrogen (secondary N) is 1. The number of hydrogen-bond donors (Lipinski definition) is 3. The molecule has 0 unspecified atom stereocenters. The molecule has 0 saturated carbocycles. The highest BCUT2D eigenvalue weighted by Gasteiger charge is 2.10. The van der Waals surface area contributed by atoms with Crippen LogP contribution in [0.2, 0.25) is 0 Å². The van der Waals surface area contributed by atoms with Crippen molar-refractivity contribution in [2.45, 2.75) is 6.92 Å². The van der Waals surface area contributed by atoms with Crippen LogP contribution in [-0.2, 0) is 0 Å². The Kier molecular flexibility index (Phi) is 3.70. The molecule has 5 nitrogen and oxygen atoms in total. The molecule has 102 valence electrons. The van der Waals surface area contributed by atoms with E-state index in [1.54, 1.807) is 12.1 Å². The number of anilines is 1. The molecule has 20 heavy (non-hydrogen) atoms. The van der Waals surface area contributed by atoms with Crippen LogP contribution in [0.5, 0.6) is 5.75 Å². The molecular formula is C15H14N2O3. The second-order valence-electron chi connectivity index (χ2n) is 4.39. The summed E-state index contributed by atoms with van der Waals surface area (Å²) in [5, 5.41) is 11.9. The van der Waals surface area contributed by atoms with E-state index in [1.165, 1.54) is 30.3 Å². The lowest BCUT2D eigenvalue weighted by molar-refractivity contribution is 0.0996. The van der Waals surface area contributed by atoms with Gasteiger partial charge >= 0.3 is 0 Å². The maximum absolute atomic E-state index is 12.0. The Hall–Kier alpha value is -2.82. The number of carbonyl (C=O) groups is 2. The maximum atomic E-state index is 12.0. The highest BCUT2D eigenvalue weighted by Crippen LogP contribution is 2.18. The molecule has 0 saturated heterocycles. The highest BCUT2D eigenvalue weighted by atomic mass is 16.3. The molecule has 0 radical (unpaired) electrons. The van der Waals surface area contributed by atoms with E-state index in [0.717, 1.165) is 5.56 Å². The number of hydrogen-bond acceptors (Lipinski definition) is 3. The van der Waals surface area contributed by atoms with Crippen molar-refractivity contribution in [1.29, 1.82) is 0 Å². The third kappa shape index (κ3) is 2.95. The molecular weight excluding hydrogens is 256 g/mol. The van der Waals surface area contributed by atoms with Gasteiger partial charge in [-0.2, -0.15) is 0 Å². The van der Waals surface area contributed by atoms with Gasteiger partial charge in [-0.15, -0.1) is 0 Å². The van der Waals surface area contributed by atoms with Gasteiger partial charge in [-0.3, -0.25) is 9.59 Å². The molecule has 2 amide bonds. The van der Waals surface area contributed by atoms with Crippen molar-refractivity contribution in [3.63, 3.8) is 0 Å². The standard InChI is InChI=1S/C15H14N2O3/c1-9-2-3-11(14(16)19)8-13(9)17-15(20)10-4-6-12(18)7-5-10/h2-8,18H,1H3,(H2,16,19)(H,17,20). The van der Waals surface area contributed by atoms with Gasteiger partial charge in [0.15, 0.2) is 0 Å². The third-order valence-corrected chi connectivity index (χ3v) is 2.90. The van der Waals surface area contributed by atoms with Crippen LogP contribution >= 0.6 is 0 Å². The fourth-order valence-corrected chi connectivity index (χ4v) is 1.72. The molecule has 0 spiro atoms. The van der Waals surface area contributed by atoms with E-state index < -0.39 is 5.91 Å². The Morgan fingerprint density at radius 2 is 1.65 bits per heavy atom. The van der Waals surface area contributed by atoms with E-state index in [2.05, 4.69) is 5.32 Å². The molecule has 0 aliphatic rings. The molecule has 2 aromatic rings. The first kappa shape index (κ1) is 13.6. The number of benzene rings is 2. The zero-order valence-electron chi connectivity index (χ0n) is 10.9. The summed E-state index contributed by atoms with van der Waals surface area (Å²) in [4.78, 5) is 23.2. The number of phenols is 1. The number of carbonyl (C=O) groups excluding carboxylic acids is 2. The van der Waals surface area contributed by atoms with Crippen LogP contribution in [0.25, 0.3) is 0 Å². The fraction of sp³-hybridized carbons (Fsp3) is 0.0667. The average molecular weight is 270 g/mol. The molecule has 4 N–H and O–H groups in total. The molecule has 0 atom stereocenters. The molecule has 0 aromatic heterocycles. The number of rotatable bonds is 3. The lowest BCUT2D eigenvalue weighted by Gasteiger charge is -2.09. The molecule has 2 aromatic carbocycles. The van der Waals surface area contributed by atoms with Gasteiger partial charge < -0.3 is 16.2 Å². The quantitative estimate of drug-likeness (QED) is 0.797. The van der Waals surface area contributed by atoms with Crippen molar-refractivity contribution in [3.05, 3.63) is 59.2 Å².